The Morgan fingerprint density at radius 2 is 2.23 bits per heavy atom. The molecule has 1 aromatic heterocycles. The second kappa shape index (κ2) is 3.32. The summed E-state index contributed by atoms with van der Waals surface area (Å²) in [5, 5.41) is 0. The third-order valence-electron chi connectivity index (χ3n) is 2.12. The lowest BCUT2D eigenvalue weighted by Crippen LogP contribution is -2.24. The molecular weight excluding hydrogens is 164 g/mol. The first-order valence-corrected chi connectivity index (χ1v) is 4.41. The molecule has 0 aliphatic heterocycles. The predicted molar refractivity (Wildman–Crippen MR) is 51.5 cm³/mol. The molecule has 72 valence electrons. The highest BCUT2D eigenvalue weighted by atomic mass is 16.1. The highest BCUT2D eigenvalue weighted by Crippen LogP contribution is 2.24. The number of hydrogen-bond acceptors (Lipinski definition) is 2. The van der Waals surface area contributed by atoms with Gasteiger partial charge in [-0.2, -0.15) is 0 Å². The number of nitrogens with zero attached hydrogens (tertiary/aromatic N) is 2. The Labute approximate surface area is 78.8 Å². The summed E-state index contributed by atoms with van der Waals surface area (Å²) in [6, 6.07) is 0. The molecule has 3 nitrogen and oxygen atoms in total. The molecule has 0 aliphatic carbocycles. The minimum atomic E-state index is -0.163. The van der Waals surface area contributed by atoms with Gasteiger partial charge in [-0.3, -0.25) is 4.79 Å². The molecule has 1 aromatic rings. The van der Waals surface area contributed by atoms with Gasteiger partial charge >= 0.3 is 0 Å². The average molecular weight is 180 g/mol. The molecule has 0 atom stereocenters. The van der Waals surface area contributed by atoms with Crippen molar-refractivity contribution in [2.24, 2.45) is 7.05 Å². The molecule has 0 aromatic carbocycles. The molecule has 1 rings (SSSR count). The van der Waals surface area contributed by atoms with E-state index in [-0.39, 0.29) is 11.2 Å². The summed E-state index contributed by atoms with van der Waals surface area (Å²) in [4.78, 5) is 15.3. The minimum Gasteiger partial charge on any atom is -0.338 e. The Morgan fingerprint density at radius 1 is 1.62 bits per heavy atom. The second-order valence-corrected chi connectivity index (χ2v) is 4.12. The fourth-order valence-corrected chi connectivity index (χ4v) is 1.72. The molecule has 0 radical (unpaired) electrons. The summed E-state index contributed by atoms with van der Waals surface area (Å²) in [5.41, 5.74) is -0.163. The van der Waals surface area contributed by atoms with Gasteiger partial charge < -0.3 is 4.57 Å². The lowest BCUT2D eigenvalue weighted by Gasteiger charge is -2.22. The molecule has 0 fully saturated rings. The van der Waals surface area contributed by atoms with Gasteiger partial charge in [0.05, 0.1) is 0 Å². The summed E-state index contributed by atoms with van der Waals surface area (Å²) >= 11 is 0. The smallest absolute Gasteiger partial charge is 0.130 e. The van der Waals surface area contributed by atoms with Gasteiger partial charge in [-0.15, -0.1) is 0 Å². The first-order chi connectivity index (χ1) is 5.93. The van der Waals surface area contributed by atoms with Crippen LogP contribution in [-0.2, 0) is 17.3 Å². The zero-order valence-electron chi connectivity index (χ0n) is 8.66. The van der Waals surface area contributed by atoms with E-state index in [2.05, 4.69) is 4.98 Å². The van der Waals surface area contributed by atoms with Crippen LogP contribution in [0.25, 0.3) is 0 Å². The summed E-state index contributed by atoms with van der Waals surface area (Å²) in [5.74, 6) is 1.16. The third kappa shape index (κ3) is 2.17. The fraction of sp³-hybridized carbons (Fsp3) is 0.600. The van der Waals surface area contributed by atoms with E-state index >= 15 is 0 Å². The van der Waals surface area contributed by atoms with Gasteiger partial charge in [-0.25, -0.2) is 4.98 Å². The maximum atomic E-state index is 11.0. The van der Waals surface area contributed by atoms with Crippen LogP contribution in [0.1, 0.15) is 33.0 Å². The van der Waals surface area contributed by atoms with E-state index < -0.39 is 0 Å². The largest absolute Gasteiger partial charge is 0.338 e. The number of aromatic nitrogens is 2. The van der Waals surface area contributed by atoms with Crippen LogP contribution in [0.4, 0.5) is 0 Å². The topological polar surface area (TPSA) is 34.9 Å². The minimum absolute atomic E-state index is 0.163. The quantitative estimate of drug-likeness (QED) is 0.709. The number of Topliss-reactive ketones (excluding diaryl/α,β-unsaturated/α-hetero) is 1. The monoisotopic (exact) mass is 180 g/mol. The Kier molecular flexibility index (Phi) is 2.55. The van der Waals surface area contributed by atoms with Crippen molar-refractivity contribution in [3.63, 3.8) is 0 Å². The maximum absolute atomic E-state index is 11.0. The average Bonchev–Trinajstić information content (AvgIpc) is 2.32. The van der Waals surface area contributed by atoms with Gasteiger partial charge in [0.25, 0.3) is 0 Å². The van der Waals surface area contributed by atoms with E-state index in [1.807, 2.05) is 31.7 Å². The molecule has 0 saturated heterocycles. The zero-order valence-corrected chi connectivity index (χ0v) is 8.66. The highest BCUT2D eigenvalue weighted by molar-refractivity contribution is 5.76. The lowest BCUT2D eigenvalue weighted by atomic mass is 9.86. The Morgan fingerprint density at radius 3 is 2.62 bits per heavy atom. The van der Waals surface area contributed by atoms with Crippen molar-refractivity contribution in [1.82, 2.24) is 9.55 Å². The summed E-state index contributed by atoms with van der Waals surface area (Å²) in [6.07, 6.45) is 4.20. The Hall–Kier alpha value is -1.12. The van der Waals surface area contributed by atoms with Crippen molar-refractivity contribution >= 4 is 5.78 Å². The standard InChI is InChI=1S/C10H16N2O/c1-8(13)7-10(2,3)9-11-5-6-12(9)4/h5-6H,7H2,1-4H3. The van der Waals surface area contributed by atoms with E-state index in [1.54, 1.807) is 13.1 Å². The van der Waals surface area contributed by atoms with Gasteiger partial charge in [0, 0.05) is 31.3 Å². The van der Waals surface area contributed by atoms with Crippen molar-refractivity contribution in [3.05, 3.63) is 18.2 Å². The molecular formula is C10H16N2O. The van der Waals surface area contributed by atoms with Crippen LogP contribution in [-0.4, -0.2) is 15.3 Å². The van der Waals surface area contributed by atoms with Crippen molar-refractivity contribution in [2.75, 3.05) is 0 Å². The van der Waals surface area contributed by atoms with Crippen LogP contribution in [0.15, 0.2) is 12.4 Å². The number of hydrogen-bond donors (Lipinski definition) is 0. The molecule has 0 amide bonds. The lowest BCUT2D eigenvalue weighted by molar-refractivity contribution is -0.118. The van der Waals surface area contributed by atoms with Crippen LogP contribution in [0, 0.1) is 0 Å². The van der Waals surface area contributed by atoms with Gasteiger partial charge in [0.15, 0.2) is 0 Å². The number of ketones is 1. The van der Waals surface area contributed by atoms with Gasteiger partial charge in [0.2, 0.25) is 0 Å². The zero-order chi connectivity index (χ0) is 10.1. The van der Waals surface area contributed by atoms with Crippen LogP contribution in [0.5, 0.6) is 0 Å². The molecule has 0 aliphatic rings. The molecule has 0 bridgehead atoms. The van der Waals surface area contributed by atoms with Gasteiger partial charge in [0.1, 0.15) is 11.6 Å². The molecule has 1 heterocycles. The Balaban J connectivity index is 2.93. The predicted octanol–water partition coefficient (Wildman–Crippen LogP) is 1.68. The highest BCUT2D eigenvalue weighted by Gasteiger charge is 2.26. The molecule has 0 unspecified atom stereocenters. The van der Waals surface area contributed by atoms with Crippen molar-refractivity contribution in [1.29, 1.82) is 0 Å². The van der Waals surface area contributed by atoms with Crippen LogP contribution >= 0.6 is 0 Å². The number of carbonyl (C=O) groups is 1. The van der Waals surface area contributed by atoms with Crippen LogP contribution in [0.3, 0.4) is 0 Å². The Bertz CT molecular complexity index is 312. The van der Waals surface area contributed by atoms with Crippen molar-refractivity contribution < 1.29 is 4.79 Å². The van der Waals surface area contributed by atoms with Crippen LogP contribution in [0.2, 0.25) is 0 Å². The summed E-state index contributed by atoms with van der Waals surface area (Å²) in [6.45, 7) is 5.69. The fourth-order valence-electron chi connectivity index (χ4n) is 1.72. The molecule has 3 heteroatoms. The summed E-state index contributed by atoms with van der Waals surface area (Å²) < 4.78 is 1.96. The van der Waals surface area contributed by atoms with E-state index in [1.165, 1.54) is 0 Å². The van der Waals surface area contributed by atoms with Gasteiger partial charge in [-0.1, -0.05) is 13.8 Å². The molecule has 0 N–H and O–H groups in total. The maximum Gasteiger partial charge on any atom is 0.130 e. The number of aryl methyl sites for hydroxylation is 1. The van der Waals surface area contributed by atoms with Crippen LogP contribution < -0.4 is 0 Å². The second-order valence-electron chi connectivity index (χ2n) is 4.12. The normalized spacial score (nSPS) is 11.7. The van der Waals surface area contributed by atoms with E-state index in [4.69, 9.17) is 0 Å². The summed E-state index contributed by atoms with van der Waals surface area (Å²) in [7, 11) is 1.95. The SMILES string of the molecule is CC(=O)CC(C)(C)c1nccn1C. The van der Waals surface area contributed by atoms with Gasteiger partial charge in [-0.05, 0) is 6.92 Å². The third-order valence-corrected chi connectivity index (χ3v) is 2.12. The van der Waals surface area contributed by atoms with Crippen molar-refractivity contribution in [2.45, 2.75) is 32.6 Å². The first-order valence-electron chi connectivity index (χ1n) is 4.41. The van der Waals surface area contributed by atoms with E-state index in [0.29, 0.717) is 6.42 Å². The first kappa shape index (κ1) is 9.96. The van der Waals surface area contributed by atoms with E-state index in [9.17, 15) is 4.79 Å². The number of imidazole rings is 1. The number of carbonyl (C=O) groups excluding carboxylic acids is 1. The van der Waals surface area contributed by atoms with Crippen molar-refractivity contribution in [3.8, 4) is 0 Å². The molecule has 13 heavy (non-hydrogen) atoms. The van der Waals surface area contributed by atoms with E-state index in [0.717, 1.165) is 5.82 Å². The molecule has 0 spiro atoms. The number of rotatable bonds is 3. The molecule has 0 saturated carbocycles.